The lowest BCUT2D eigenvalue weighted by molar-refractivity contribution is 0.308. The molecule has 44 heavy (non-hydrogen) atoms. The van der Waals surface area contributed by atoms with E-state index < -0.39 is 10.0 Å². The van der Waals surface area contributed by atoms with Crippen LogP contribution >= 0.6 is 0 Å². The van der Waals surface area contributed by atoms with Crippen LogP contribution in [0.15, 0.2) is 144 Å². The van der Waals surface area contributed by atoms with Crippen LogP contribution in [-0.2, 0) is 16.6 Å². The Morgan fingerprint density at radius 1 is 0.591 bits per heavy atom. The lowest BCUT2D eigenvalue weighted by Gasteiger charge is -2.19. The summed E-state index contributed by atoms with van der Waals surface area (Å²) in [7, 11) is -4.05. The smallest absolute Gasteiger partial charge is 0.268 e. The Kier molecular flexibility index (Phi) is 7.03. The number of fused-ring (bicyclic) bond motifs is 2. The average molecular weight is 594 g/mol. The van der Waals surface area contributed by atoms with E-state index >= 15 is 0 Å². The van der Waals surface area contributed by atoms with Crippen molar-refractivity contribution in [3.63, 3.8) is 0 Å². The molecule has 7 aromatic rings. The van der Waals surface area contributed by atoms with Gasteiger partial charge in [-0.2, -0.15) is 0 Å². The van der Waals surface area contributed by atoms with E-state index in [9.17, 15) is 8.42 Å². The van der Waals surface area contributed by atoms with Gasteiger partial charge in [-0.3, -0.25) is 0 Å². The van der Waals surface area contributed by atoms with Gasteiger partial charge in [0.15, 0.2) is 0 Å². The van der Waals surface area contributed by atoms with Gasteiger partial charge < -0.3 is 4.74 Å². The second-order valence-corrected chi connectivity index (χ2v) is 12.9. The number of para-hydroxylation sites is 1. The highest BCUT2D eigenvalue weighted by atomic mass is 32.2. The molecule has 0 atom stereocenters. The maximum absolute atomic E-state index is 14.8. The summed E-state index contributed by atoms with van der Waals surface area (Å²) in [5.41, 5.74) is 6.85. The Bertz CT molecular complexity index is 2230. The van der Waals surface area contributed by atoms with E-state index in [1.165, 1.54) is 3.97 Å². The molecular formula is C39H31NO3S. The predicted octanol–water partition coefficient (Wildman–Crippen LogP) is 9.56. The number of aromatic nitrogens is 1. The molecule has 7 rings (SSSR count). The normalized spacial score (nSPS) is 11.7. The molecule has 6 aromatic carbocycles. The molecule has 0 unspecified atom stereocenters. The monoisotopic (exact) mass is 593 g/mol. The fraction of sp³-hybridized carbons (Fsp3) is 0.0769. The Balaban J connectivity index is 1.61. The lowest BCUT2D eigenvalue weighted by atomic mass is 9.94. The fourth-order valence-electron chi connectivity index (χ4n) is 5.87. The number of hydrogen-bond acceptors (Lipinski definition) is 3. The summed E-state index contributed by atoms with van der Waals surface area (Å²) in [6, 6.07) is 45.1. The van der Waals surface area contributed by atoms with E-state index in [1.807, 2.05) is 110 Å². The van der Waals surface area contributed by atoms with Gasteiger partial charge in [0.2, 0.25) is 0 Å². The molecule has 5 heteroatoms. The number of rotatable bonds is 7. The minimum atomic E-state index is -4.05. The van der Waals surface area contributed by atoms with Crippen LogP contribution in [0.4, 0.5) is 0 Å². The topological polar surface area (TPSA) is 48.3 Å². The zero-order valence-corrected chi connectivity index (χ0v) is 25.4. The number of benzene rings is 6. The Hall–Kier alpha value is -5.13. The van der Waals surface area contributed by atoms with Crippen molar-refractivity contribution < 1.29 is 13.2 Å². The molecule has 1 aromatic heterocycles. The van der Waals surface area contributed by atoms with Gasteiger partial charge in [0.1, 0.15) is 12.4 Å². The van der Waals surface area contributed by atoms with Crippen molar-refractivity contribution in [3.05, 3.63) is 156 Å². The van der Waals surface area contributed by atoms with Crippen LogP contribution in [0, 0.1) is 13.8 Å². The van der Waals surface area contributed by atoms with Gasteiger partial charge in [-0.15, -0.1) is 0 Å². The molecule has 1 heterocycles. The summed E-state index contributed by atoms with van der Waals surface area (Å²) in [5, 5.41) is 2.76. The summed E-state index contributed by atoms with van der Waals surface area (Å²) in [5.74, 6) is 0.615. The highest BCUT2D eigenvalue weighted by Crippen LogP contribution is 2.48. The molecule has 0 N–H and O–H groups in total. The third-order valence-electron chi connectivity index (χ3n) is 8.10. The maximum atomic E-state index is 14.8. The van der Waals surface area contributed by atoms with Gasteiger partial charge in [0.05, 0.1) is 16.1 Å². The zero-order chi connectivity index (χ0) is 30.3. The summed E-state index contributed by atoms with van der Waals surface area (Å²) in [4.78, 5) is 0.229. The van der Waals surface area contributed by atoms with Gasteiger partial charge in [-0.05, 0) is 60.0 Å². The third kappa shape index (κ3) is 4.85. The second-order valence-electron chi connectivity index (χ2n) is 11.1. The number of hydrogen-bond donors (Lipinski definition) is 0. The van der Waals surface area contributed by atoms with Crippen LogP contribution in [0.5, 0.6) is 5.75 Å². The largest absolute Gasteiger partial charge is 0.488 e. The van der Waals surface area contributed by atoms with E-state index in [-0.39, 0.29) is 4.90 Å². The minimum absolute atomic E-state index is 0.229. The molecule has 0 aliphatic rings. The highest BCUT2D eigenvalue weighted by Gasteiger charge is 2.31. The van der Waals surface area contributed by atoms with Crippen LogP contribution in [-0.4, -0.2) is 12.4 Å². The van der Waals surface area contributed by atoms with Gasteiger partial charge in [0, 0.05) is 16.5 Å². The van der Waals surface area contributed by atoms with Crippen LogP contribution in [0.1, 0.15) is 16.7 Å². The van der Waals surface area contributed by atoms with E-state index in [4.69, 9.17) is 4.74 Å². The van der Waals surface area contributed by atoms with Crippen molar-refractivity contribution in [2.75, 3.05) is 0 Å². The first-order valence-electron chi connectivity index (χ1n) is 14.6. The highest BCUT2D eigenvalue weighted by molar-refractivity contribution is 7.90. The van der Waals surface area contributed by atoms with Gasteiger partial charge in [0.25, 0.3) is 10.0 Å². The lowest BCUT2D eigenvalue weighted by Crippen LogP contribution is -2.15. The SMILES string of the molecule is Cc1ccc(-c2c(-c3c(OCc4ccccc4)ccc4ccccc34)n(S(=O)(=O)c3ccc(C)cc3)c3ccccc23)cc1. The first-order valence-corrected chi connectivity index (χ1v) is 16.1. The molecule has 0 amide bonds. The van der Waals surface area contributed by atoms with E-state index in [1.54, 1.807) is 12.1 Å². The maximum Gasteiger partial charge on any atom is 0.268 e. The van der Waals surface area contributed by atoms with Crippen molar-refractivity contribution in [1.29, 1.82) is 0 Å². The van der Waals surface area contributed by atoms with Crippen molar-refractivity contribution in [2.24, 2.45) is 0 Å². The van der Waals surface area contributed by atoms with Crippen LogP contribution in [0.2, 0.25) is 0 Å². The molecule has 0 aliphatic carbocycles. The molecule has 0 bridgehead atoms. The molecule has 0 aliphatic heterocycles. The molecule has 216 valence electrons. The average Bonchev–Trinajstić information content (AvgIpc) is 3.40. The van der Waals surface area contributed by atoms with Crippen LogP contribution in [0.3, 0.4) is 0 Å². The summed E-state index contributed by atoms with van der Waals surface area (Å²) in [6.45, 7) is 4.35. The number of ether oxygens (including phenoxy) is 1. The standard InChI is InChI=1S/C39H31NO3S/c1-27-16-20-31(21-17-27)37-34-14-8-9-15-35(34)40(44(41,42)32-23-18-28(2)19-24-32)39(37)38-33-13-7-6-12-30(33)22-25-36(38)43-26-29-10-4-3-5-11-29/h3-25H,26H2,1-2H3. The molecule has 4 nitrogen and oxygen atoms in total. The zero-order valence-electron chi connectivity index (χ0n) is 24.6. The summed E-state index contributed by atoms with van der Waals surface area (Å²) < 4.78 is 37.7. The number of nitrogens with zero attached hydrogens (tertiary/aromatic N) is 1. The van der Waals surface area contributed by atoms with E-state index in [2.05, 4.69) is 31.2 Å². The van der Waals surface area contributed by atoms with Crippen molar-refractivity contribution in [2.45, 2.75) is 25.3 Å². The fourth-order valence-corrected chi connectivity index (χ4v) is 7.40. The van der Waals surface area contributed by atoms with Gasteiger partial charge in [-0.25, -0.2) is 12.4 Å². The van der Waals surface area contributed by atoms with Crippen LogP contribution in [0.25, 0.3) is 44.1 Å². The van der Waals surface area contributed by atoms with Crippen molar-refractivity contribution in [3.8, 4) is 28.1 Å². The Morgan fingerprint density at radius 2 is 1.20 bits per heavy atom. The summed E-state index contributed by atoms with van der Waals surface area (Å²) >= 11 is 0. The van der Waals surface area contributed by atoms with E-state index in [0.717, 1.165) is 49.5 Å². The Morgan fingerprint density at radius 3 is 1.93 bits per heavy atom. The molecule has 0 radical (unpaired) electrons. The van der Waals surface area contributed by atoms with E-state index in [0.29, 0.717) is 23.6 Å². The Labute approximate surface area is 257 Å². The molecule has 0 spiro atoms. The first kappa shape index (κ1) is 27.7. The molecule has 0 fully saturated rings. The molecule has 0 saturated carbocycles. The minimum Gasteiger partial charge on any atom is -0.488 e. The molecular weight excluding hydrogens is 563 g/mol. The molecule has 0 saturated heterocycles. The van der Waals surface area contributed by atoms with Crippen molar-refractivity contribution >= 4 is 31.7 Å². The van der Waals surface area contributed by atoms with Crippen molar-refractivity contribution in [1.82, 2.24) is 3.97 Å². The number of aryl methyl sites for hydroxylation is 2. The summed E-state index contributed by atoms with van der Waals surface area (Å²) in [6.07, 6.45) is 0. The first-order chi connectivity index (χ1) is 21.4. The predicted molar refractivity (Wildman–Crippen MR) is 180 cm³/mol. The second kappa shape index (κ2) is 11.2. The third-order valence-corrected chi connectivity index (χ3v) is 9.82. The quantitative estimate of drug-likeness (QED) is 0.185. The van der Waals surface area contributed by atoms with Gasteiger partial charge >= 0.3 is 0 Å². The van der Waals surface area contributed by atoms with Gasteiger partial charge in [-0.1, -0.05) is 126 Å². The van der Waals surface area contributed by atoms with Crippen LogP contribution < -0.4 is 4.74 Å².